The van der Waals surface area contributed by atoms with Crippen molar-refractivity contribution in [1.82, 2.24) is 14.8 Å². The van der Waals surface area contributed by atoms with E-state index in [1.54, 1.807) is 36.4 Å². The van der Waals surface area contributed by atoms with Crippen LogP contribution in [0.2, 0.25) is 0 Å². The molecule has 4 aromatic rings. The number of aromatic nitrogens is 3. The molecule has 2 amide bonds. The number of rotatable bonds is 8. The lowest BCUT2D eigenvalue weighted by Crippen LogP contribution is -2.18. The van der Waals surface area contributed by atoms with Gasteiger partial charge in [0.05, 0.1) is 5.75 Å². The number of nitrogens with zero attached hydrogens (tertiary/aromatic N) is 3. The number of amides is 2. The molecule has 0 saturated heterocycles. The van der Waals surface area contributed by atoms with Crippen LogP contribution in [0.15, 0.2) is 84.0 Å². The fourth-order valence-electron chi connectivity index (χ4n) is 3.25. The highest BCUT2D eigenvalue weighted by molar-refractivity contribution is 7.99. The zero-order valence-electron chi connectivity index (χ0n) is 19.2. The maximum Gasteiger partial charge on any atom is 0.234 e. The molecule has 2 N–H and O–H groups in total. The Labute approximate surface area is 206 Å². The standard InChI is InChI=1S/C26H24FN5O2S/c1-17(2)25(34)29-21-8-6-7-20(15-21)28-23(33)16-35-26-31-30-24(18-11-13-19(27)14-12-18)32(26)22-9-4-3-5-10-22/h3-15,17H,16H2,1-2H3,(H,28,33)(H,29,34). The summed E-state index contributed by atoms with van der Waals surface area (Å²) in [5, 5.41) is 14.8. The summed E-state index contributed by atoms with van der Waals surface area (Å²) in [6.07, 6.45) is 0. The lowest BCUT2D eigenvalue weighted by molar-refractivity contribution is -0.119. The van der Waals surface area contributed by atoms with Crippen molar-refractivity contribution in [3.8, 4) is 17.1 Å². The van der Waals surface area contributed by atoms with Crippen molar-refractivity contribution in [3.05, 3.63) is 84.7 Å². The number of carbonyl (C=O) groups is 2. The van der Waals surface area contributed by atoms with Crippen LogP contribution in [0.4, 0.5) is 15.8 Å². The predicted molar refractivity (Wildman–Crippen MR) is 136 cm³/mol. The molecule has 0 spiro atoms. The fraction of sp³-hybridized carbons (Fsp3) is 0.154. The van der Waals surface area contributed by atoms with Gasteiger partial charge in [-0.3, -0.25) is 14.2 Å². The van der Waals surface area contributed by atoms with Crippen LogP contribution >= 0.6 is 11.8 Å². The average Bonchev–Trinajstić information content (AvgIpc) is 3.28. The van der Waals surface area contributed by atoms with E-state index in [0.717, 1.165) is 5.69 Å². The van der Waals surface area contributed by atoms with E-state index in [2.05, 4.69) is 20.8 Å². The van der Waals surface area contributed by atoms with Crippen molar-refractivity contribution in [2.75, 3.05) is 16.4 Å². The average molecular weight is 490 g/mol. The first kappa shape index (κ1) is 24.2. The van der Waals surface area contributed by atoms with Gasteiger partial charge >= 0.3 is 0 Å². The van der Waals surface area contributed by atoms with Crippen molar-refractivity contribution >= 4 is 35.0 Å². The van der Waals surface area contributed by atoms with Gasteiger partial charge in [0.2, 0.25) is 11.8 Å². The highest BCUT2D eigenvalue weighted by atomic mass is 32.2. The van der Waals surface area contributed by atoms with Gasteiger partial charge in [0, 0.05) is 28.5 Å². The van der Waals surface area contributed by atoms with Crippen LogP contribution in [-0.4, -0.2) is 32.3 Å². The van der Waals surface area contributed by atoms with Gasteiger partial charge in [-0.1, -0.05) is 49.9 Å². The molecular weight excluding hydrogens is 465 g/mol. The molecule has 4 rings (SSSR count). The summed E-state index contributed by atoms with van der Waals surface area (Å²) in [4.78, 5) is 24.6. The first-order valence-corrected chi connectivity index (χ1v) is 12.0. The summed E-state index contributed by atoms with van der Waals surface area (Å²) in [5.41, 5.74) is 2.73. The van der Waals surface area contributed by atoms with E-state index < -0.39 is 0 Å². The molecule has 3 aromatic carbocycles. The molecule has 0 bridgehead atoms. The lowest BCUT2D eigenvalue weighted by Gasteiger charge is -2.11. The van der Waals surface area contributed by atoms with E-state index >= 15 is 0 Å². The van der Waals surface area contributed by atoms with Crippen LogP contribution in [-0.2, 0) is 9.59 Å². The summed E-state index contributed by atoms with van der Waals surface area (Å²) < 4.78 is 15.3. The van der Waals surface area contributed by atoms with Gasteiger partial charge in [-0.25, -0.2) is 4.39 Å². The van der Waals surface area contributed by atoms with E-state index in [1.807, 2.05) is 48.7 Å². The second kappa shape index (κ2) is 11.0. The minimum absolute atomic E-state index is 0.0942. The Morgan fingerprint density at radius 2 is 1.60 bits per heavy atom. The SMILES string of the molecule is CC(C)C(=O)Nc1cccc(NC(=O)CSc2nnc(-c3ccc(F)cc3)n2-c2ccccc2)c1. The third kappa shape index (κ3) is 6.13. The Morgan fingerprint density at radius 3 is 2.29 bits per heavy atom. The minimum atomic E-state index is -0.335. The fourth-order valence-corrected chi connectivity index (χ4v) is 4.00. The molecular formula is C26H24FN5O2S. The van der Waals surface area contributed by atoms with Gasteiger partial charge in [0.25, 0.3) is 0 Å². The molecule has 0 aliphatic heterocycles. The second-order valence-corrected chi connectivity index (χ2v) is 8.99. The Bertz CT molecular complexity index is 1320. The number of thioether (sulfide) groups is 1. The highest BCUT2D eigenvalue weighted by Crippen LogP contribution is 2.28. The molecule has 0 radical (unpaired) electrons. The van der Waals surface area contributed by atoms with Gasteiger partial charge in [-0.05, 0) is 54.6 Å². The zero-order chi connectivity index (χ0) is 24.8. The molecule has 7 nitrogen and oxygen atoms in total. The molecule has 0 fully saturated rings. The van der Waals surface area contributed by atoms with Crippen LogP contribution in [0, 0.1) is 11.7 Å². The molecule has 1 heterocycles. The van der Waals surface area contributed by atoms with Crippen LogP contribution in [0.25, 0.3) is 17.1 Å². The largest absolute Gasteiger partial charge is 0.326 e. The number of hydrogen-bond donors (Lipinski definition) is 2. The lowest BCUT2D eigenvalue weighted by atomic mass is 10.2. The van der Waals surface area contributed by atoms with Crippen LogP contribution in [0.5, 0.6) is 0 Å². The number of nitrogens with one attached hydrogen (secondary N) is 2. The highest BCUT2D eigenvalue weighted by Gasteiger charge is 2.17. The third-order valence-electron chi connectivity index (χ3n) is 5.02. The smallest absolute Gasteiger partial charge is 0.234 e. The first-order chi connectivity index (χ1) is 16.9. The summed E-state index contributed by atoms with van der Waals surface area (Å²) in [6, 6.07) is 22.6. The van der Waals surface area contributed by atoms with E-state index in [-0.39, 0.29) is 29.3 Å². The van der Waals surface area contributed by atoms with Gasteiger partial charge in [-0.2, -0.15) is 0 Å². The summed E-state index contributed by atoms with van der Waals surface area (Å²) in [6.45, 7) is 3.63. The van der Waals surface area contributed by atoms with Crippen molar-refractivity contribution < 1.29 is 14.0 Å². The molecule has 0 saturated carbocycles. The van der Waals surface area contributed by atoms with Crippen molar-refractivity contribution in [1.29, 1.82) is 0 Å². The monoisotopic (exact) mass is 489 g/mol. The molecule has 1 aromatic heterocycles. The minimum Gasteiger partial charge on any atom is -0.326 e. The molecule has 9 heteroatoms. The van der Waals surface area contributed by atoms with Crippen molar-refractivity contribution in [3.63, 3.8) is 0 Å². The van der Waals surface area contributed by atoms with Gasteiger partial charge < -0.3 is 10.6 Å². The Kier molecular flexibility index (Phi) is 7.57. The second-order valence-electron chi connectivity index (χ2n) is 8.05. The molecule has 0 unspecified atom stereocenters. The van der Waals surface area contributed by atoms with Crippen LogP contribution in [0.1, 0.15) is 13.8 Å². The van der Waals surface area contributed by atoms with Gasteiger partial charge in [0.1, 0.15) is 5.82 Å². The van der Waals surface area contributed by atoms with Crippen molar-refractivity contribution in [2.45, 2.75) is 19.0 Å². The van der Waals surface area contributed by atoms with Crippen LogP contribution < -0.4 is 10.6 Å². The number of anilines is 2. The molecule has 0 aliphatic rings. The third-order valence-corrected chi connectivity index (χ3v) is 5.95. The van der Waals surface area contributed by atoms with Crippen LogP contribution in [0.3, 0.4) is 0 Å². The maximum absolute atomic E-state index is 13.4. The predicted octanol–water partition coefficient (Wildman–Crippen LogP) is 5.40. The Hall–Kier alpha value is -3.98. The number of benzene rings is 3. The number of para-hydroxylation sites is 1. The van der Waals surface area contributed by atoms with E-state index in [1.165, 1.54) is 23.9 Å². The summed E-state index contributed by atoms with van der Waals surface area (Å²) >= 11 is 1.24. The Morgan fingerprint density at radius 1 is 0.914 bits per heavy atom. The molecule has 35 heavy (non-hydrogen) atoms. The van der Waals surface area contributed by atoms with E-state index in [0.29, 0.717) is 27.9 Å². The molecule has 0 aliphatic carbocycles. The quantitative estimate of drug-likeness (QED) is 0.324. The maximum atomic E-state index is 13.4. The summed E-state index contributed by atoms with van der Waals surface area (Å²) in [7, 11) is 0. The first-order valence-electron chi connectivity index (χ1n) is 11.0. The summed E-state index contributed by atoms with van der Waals surface area (Å²) in [5.74, 6) is -0.163. The number of halogens is 1. The van der Waals surface area contributed by atoms with Crippen molar-refractivity contribution in [2.24, 2.45) is 5.92 Å². The molecule has 0 atom stereocenters. The number of hydrogen-bond acceptors (Lipinski definition) is 5. The van der Waals surface area contributed by atoms with Gasteiger partial charge in [-0.15, -0.1) is 10.2 Å². The van der Waals surface area contributed by atoms with E-state index in [4.69, 9.17) is 0 Å². The van der Waals surface area contributed by atoms with Gasteiger partial charge in [0.15, 0.2) is 11.0 Å². The number of carbonyl (C=O) groups excluding carboxylic acids is 2. The Balaban J connectivity index is 1.50. The molecule has 178 valence electrons. The normalized spacial score (nSPS) is 10.9. The zero-order valence-corrected chi connectivity index (χ0v) is 20.1. The topological polar surface area (TPSA) is 88.9 Å². The van der Waals surface area contributed by atoms with E-state index in [9.17, 15) is 14.0 Å².